The summed E-state index contributed by atoms with van der Waals surface area (Å²) in [4.78, 5) is 13.2. The highest BCUT2D eigenvalue weighted by Crippen LogP contribution is 2.28. The van der Waals surface area contributed by atoms with Gasteiger partial charge in [0.1, 0.15) is 5.78 Å². The highest BCUT2D eigenvalue weighted by Gasteiger charge is 2.24. The minimum Gasteiger partial charge on any atom is -0.299 e. The monoisotopic (exact) mass is 262 g/mol. The van der Waals surface area contributed by atoms with E-state index in [0.717, 1.165) is 24.2 Å². The summed E-state index contributed by atoms with van der Waals surface area (Å²) in [7, 11) is -1.19. The highest BCUT2D eigenvalue weighted by atomic mass is 32.2. The van der Waals surface area contributed by atoms with Gasteiger partial charge in [-0.1, -0.05) is 31.2 Å². The lowest BCUT2D eigenvalue weighted by atomic mass is 9.86. The molecule has 1 aromatic rings. The zero-order valence-electron chi connectivity index (χ0n) is 10.4. The van der Waals surface area contributed by atoms with Crippen LogP contribution < -0.4 is 0 Å². The van der Waals surface area contributed by atoms with Gasteiger partial charge in [0.25, 0.3) is 0 Å². The van der Waals surface area contributed by atoms with Crippen molar-refractivity contribution in [3.63, 3.8) is 0 Å². The van der Waals surface area contributed by atoms with E-state index in [2.05, 4.69) is 6.58 Å². The summed E-state index contributed by atoms with van der Waals surface area (Å²) in [6.07, 6.45) is 4.27. The number of rotatable bonds is 4. The van der Waals surface area contributed by atoms with Crippen LogP contribution in [0.2, 0.25) is 0 Å². The largest absolute Gasteiger partial charge is 0.299 e. The van der Waals surface area contributed by atoms with Crippen molar-refractivity contribution >= 4 is 16.6 Å². The molecule has 0 saturated heterocycles. The molecule has 3 heteroatoms. The standard InChI is InChI=1S/C15H18O2S/c1-12(11-13-7-5-6-10-15(13)16)18(17)14-8-3-2-4-9-14/h2-4,8-9,13H,1,5-7,10-11H2. The molecular weight excluding hydrogens is 244 g/mol. The van der Waals surface area contributed by atoms with Crippen molar-refractivity contribution in [3.05, 3.63) is 41.8 Å². The Balaban J connectivity index is 1.99. The van der Waals surface area contributed by atoms with Gasteiger partial charge in [-0.25, -0.2) is 4.21 Å². The highest BCUT2D eigenvalue weighted by molar-refractivity contribution is 7.89. The molecule has 2 unspecified atom stereocenters. The Morgan fingerprint density at radius 3 is 2.67 bits per heavy atom. The SMILES string of the molecule is C=C(CC1CCCCC1=O)S(=O)c1ccccc1. The summed E-state index contributed by atoms with van der Waals surface area (Å²) in [6, 6.07) is 9.31. The normalized spacial score (nSPS) is 21.6. The maximum atomic E-state index is 12.2. The van der Waals surface area contributed by atoms with Crippen LogP contribution in [0.15, 0.2) is 46.7 Å². The van der Waals surface area contributed by atoms with Crippen LogP contribution in [0.25, 0.3) is 0 Å². The number of carbonyl (C=O) groups is 1. The number of Topliss-reactive ketones (excluding diaryl/α,β-unsaturated/α-hetero) is 1. The Labute approximate surface area is 111 Å². The van der Waals surface area contributed by atoms with Gasteiger partial charge in [0.15, 0.2) is 0 Å². The molecule has 2 nitrogen and oxygen atoms in total. The Bertz CT molecular complexity index is 465. The average Bonchev–Trinajstić information content (AvgIpc) is 2.41. The predicted octanol–water partition coefficient (Wildman–Crippen LogP) is 3.46. The second-order valence-electron chi connectivity index (χ2n) is 4.73. The molecule has 0 N–H and O–H groups in total. The average molecular weight is 262 g/mol. The van der Waals surface area contributed by atoms with Gasteiger partial charge in [0, 0.05) is 22.1 Å². The minimum atomic E-state index is -1.19. The van der Waals surface area contributed by atoms with Gasteiger partial charge in [-0.15, -0.1) is 0 Å². The van der Waals surface area contributed by atoms with E-state index >= 15 is 0 Å². The maximum absolute atomic E-state index is 12.2. The zero-order chi connectivity index (χ0) is 13.0. The summed E-state index contributed by atoms with van der Waals surface area (Å²) in [5.74, 6) is 0.353. The lowest BCUT2D eigenvalue weighted by Gasteiger charge is -2.20. The van der Waals surface area contributed by atoms with Crippen molar-refractivity contribution in [2.75, 3.05) is 0 Å². The van der Waals surface area contributed by atoms with Crippen LogP contribution in [0.4, 0.5) is 0 Å². The number of hydrogen-bond acceptors (Lipinski definition) is 2. The first-order valence-corrected chi connectivity index (χ1v) is 7.51. The minimum absolute atomic E-state index is 0.0407. The number of hydrogen-bond donors (Lipinski definition) is 0. The first-order valence-electron chi connectivity index (χ1n) is 6.36. The van der Waals surface area contributed by atoms with Gasteiger partial charge < -0.3 is 0 Å². The third kappa shape index (κ3) is 3.16. The number of carbonyl (C=O) groups excluding carboxylic acids is 1. The Morgan fingerprint density at radius 2 is 2.00 bits per heavy atom. The van der Waals surface area contributed by atoms with E-state index in [1.165, 1.54) is 0 Å². The fourth-order valence-corrected chi connectivity index (χ4v) is 3.42. The Kier molecular flexibility index (Phi) is 4.48. The molecule has 96 valence electrons. The summed E-state index contributed by atoms with van der Waals surface area (Å²) in [5.41, 5.74) is 0. The van der Waals surface area contributed by atoms with Crippen LogP contribution >= 0.6 is 0 Å². The van der Waals surface area contributed by atoms with E-state index in [0.29, 0.717) is 23.5 Å². The topological polar surface area (TPSA) is 34.1 Å². The molecule has 0 amide bonds. The lowest BCUT2D eigenvalue weighted by molar-refractivity contribution is -0.124. The fraction of sp³-hybridized carbons (Fsp3) is 0.400. The first kappa shape index (κ1) is 13.2. The van der Waals surface area contributed by atoms with E-state index in [4.69, 9.17) is 0 Å². The van der Waals surface area contributed by atoms with Gasteiger partial charge in [-0.3, -0.25) is 4.79 Å². The van der Waals surface area contributed by atoms with Crippen molar-refractivity contribution < 1.29 is 9.00 Å². The van der Waals surface area contributed by atoms with E-state index < -0.39 is 10.8 Å². The third-order valence-corrected chi connectivity index (χ3v) is 4.77. The molecule has 0 aliphatic heterocycles. The van der Waals surface area contributed by atoms with Crippen LogP contribution in [-0.2, 0) is 15.6 Å². The van der Waals surface area contributed by atoms with E-state index in [1.807, 2.05) is 30.3 Å². The van der Waals surface area contributed by atoms with Gasteiger partial charge >= 0.3 is 0 Å². The molecule has 2 atom stereocenters. The van der Waals surface area contributed by atoms with Crippen molar-refractivity contribution in [3.8, 4) is 0 Å². The molecule has 1 saturated carbocycles. The summed E-state index contributed by atoms with van der Waals surface area (Å²) >= 11 is 0. The van der Waals surface area contributed by atoms with E-state index in [9.17, 15) is 9.00 Å². The Morgan fingerprint density at radius 1 is 1.28 bits per heavy atom. The second-order valence-corrected chi connectivity index (χ2v) is 6.32. The van der Waals surface area contributed by atoms with Crippen LogP contribution in [0, 0.1) is 5.92 Å². The van der Waals surface area contributed by atoms with Crippen LogP contribution in [-0.4, -0.2) is 9.99 Å². The molecule has 0 spiro atoms. The van der Waals surface area contributed by atoms with Crippen molar-refractivity contribution in [2.24, 2.45) is 5.92 Å². The van der Waals surface area contributed by atoms with Crippen LogP contribution in [0.3, 0.4) is 0 Å². The molecule has 0 bridgehead atoms. The molecule has 2 rings (SSSR count). The molecule has 18 heavy (non-hydrogen) atoms. The molecule has 0 heterocycles. The zero-order valence-corrected chi connectivity index (χ0v) is 11.2. The van der Waals surface area contributed by atoms with Crippen LogP contribution in [0.1, 0.15) is 32.1 Å². The number of allylic oxidation sites excluding steroid dienone is 1. The van der Waals surface area contributed by atoms with E-state index in [-0.39, 0.29) is 5.92 Å². The van der Waals surface area contributed by atoms with Gasteiger partial charge in [0.2, 0.25) is 0 Å². The number of ketones is 1. The lowest BCUT2D eigenvalue weighted by Crippen LogP contribution is -2.20. The van der Waals surface area contributed by atoms with Crippen molar-refractivity contribution in [2.45, 2.75) is 37.0 Å². The Hall–Kier alpha value is -1.22. The van der Waals surface area contributed by atoms with E-state index in [1.54, 1.807) is 0 Å². The molecule has 1 aromatic carbocycles. The van der Waals surface area contributed by atoms with Crippen molar-refractivity contribution in [1.82, 2.24) is 0 Å². The smallest absolute Gasteiger partial charge is 0.136 e. The molecular formula is C15H18O2S. The van der Waals surface area contributed by atoms with Crippen molar-refractivity contribution in [1.29, 1.82) is 0 Å². The summed E-state index contributed by atoms with van der Waals surface area (Å²) in [5, 5.41) is 0. The summed E-state index contributed by atoms with van der Waals surface area (Å²) < 4.78 is 12.2. The maximum Gasteiger partial charge on any atom is 0.136 e. The fourth-order valence-electron chi connectivity index (χ4n) is 2.33. The predicted molar refractivity (Wildman–Crippen MR) is 73.6 cm³/mol. The summed E-state index contributed by atoms with van der Waals surface area (Å²) in [6.45, 7) is 3.91. The molecule has 1 aliphatic rings. The molecule has 1 aliphatic carbocycles. The third-order valence-electron chi connectivity index (χ3n) is 3.37. The van der Waals surface area contributed by atoms with Gasteiger partial charge in [0.05, 0.1) is 10.8 Å². The first-order chi connectivity index (χ1) is 8.68. The number of benzene rings is 1. The molecule has 0 aromatic heterocycles. The van der Waals surface area contributed by atoms with Gasteiger partial charge in [-0.2, -0.15) is 0 Å². The van der Waals surface area contributed by atoms with Crippen LogP contribution in [0.5, 0.6) is 0 Å². The second kappa shape index (κ2) is 6.10. The molecule has 1 fully saturated rings. The quantitative estimate of drug-likeness (QED) is 0.832. The van der Waals surface area contributed by atoms with Gasteiger partial charge in [-0.05, 0) is 31.4 Å². The molecule has 0 radical (unpaired) electrons.